The molecule has 0 radical (unpaired) electrons. The highest BCUT2D eigenvalue weighted by Gasteiger charge is 2.78. The fourth-order valence-electron chi connectivity index (χ4n) is 8.46. The molecule has 1 aliphatic heterocycles. The Morgan fingerprint density at radius 2 is 1.67 bits per heavy atom. The molecule has 5 rings (SSSR count). The minimum absolute atomic E-state index is 0.0743. The van der Waals surface area contributed by atoms with Gasteiger partial charge < -0.3 is 44.1 Å². The van der Waals surface area contributed by atoms with Crippen LogP contribution in [-0.2, 0) is 38.1 Å². The third-order valence-electron chi connectivity index (χ3n) is 11.1. The zero-order valence-electron chi connectivity index (χ0n) is 29.9. The van der Waals surface area contributed by atoms with E-state index in [0.717, 1.165) is 6.92 Å². The zero-order valence-corrected chi connectivity index (χ0v) is 29.9. The highest BCUT2D eigenvalue weighted by atomic mass is 16.6. The van der Waals surface area contributed by atoms with Gasteiger partial charge in [0, 0.05) is 25.2 Å². The number of amides is 1. The maximum atomic E-state index is 14.7. The molecule has 5 N–H and O–H groups in total. The molecule has 1 heterocycles. The second-order valence-corrected chi connectivity index (χ2v) is 15.6. The van der Waals surface area contributed by atoms with Crippen LogP contribution in [0.4, 0.5) is 4.79 Å². The van der Waals surface area contributed by atoms with E-state index in [2.05, 4.69) is 0 Å². The number of benzene rings is 1. The molecule has 15 heteroatoms. The van der Waals surface area contributed by atoms with Crippen molar-refractivity contribution >= 4 is 29.8 Å². The normalized spacial score (nSPS) is 36.1. The average molecular weight is 718 g/mol. The number of carbonyl (C=O) groups excluding carboxylic acids is 5. The quantitative estimate of drug-likeness (QED) is 0.122. The Balaban J connectivity index is 1.68. The Labute approximate surface area is 295 Å². The summed E-state index contributed by atoms with van der Waals surface area (Å²) in [5.41, 5.74) is -8.47. The number of nitrogens with one attached hydrogen (secondary N) is 1. The molecule has 0 aromatic heterocycles. The van der Waals surface area contributed by atoms with Crippen LogP contribution in [0.5, 0.6) is 0 Å². The van der Waals surface area contributed by atoms with Gasteiger partial charge in [-0.15, -0.1) is 0 Å². The summed E-state index contributed by atoms with van der Waals surface area (Å²) in [6.07, 6.45) is -11.8. The van der Waals surface area contributed by atoms with Crippen molar-refractivity contribution in [1.29, 1.82) is 0 Å². The minimum atomic E-state index is -2.33. The van der Waals surface area contributed by atoms with Crippen LogP contribution in [0.1, 0.15) is 78.6 Å². The number of ketones is 1. The van der Waals surface area contributed by atoms with Gasteiger partial charge in [0.2, 0.25) is 6.23 Å². The van der Waals surface area contributed by atoms with Crippen LogP contribution in [0.3, 0.4) is 0 Å². The molecule has 0 spiro atoms. The van der Waals surface area contributed by atoms with Gasteiger partial charge in [0.05, 0.1) is 29.6 Å². The lowest BCUT2D eigenvalue weighted by molar-refractivity contribution is -0.346. The first-order valence-electron chi connectivity index (χ1n) is 16.8. The highest BCUT2D eigenvalue weighted by molar-refractivity contribution is 5.94. The standard InChI is InChI=1S/C36H47NO14/c1-17-20(48-30(44)28(42)37-31(45)51-32(3,4)5)15-36(46)27(49-29(43)19-12-10-9-11-13-19)25-34(8,26(41)24(40)23(17)33(36,6)7)21(39)14-22-35(25,16-47-22)50-18(2)38/h9-13,20-22,24-25,27-28,39-40,42,46H,14-16H2,1-8H3,(H,37,45)/t20-,21-,22+,24+,25?,27-,28-,34+,35-,36+/m0/s1. The molecular weight excluding hydrogens is 670 g/mol. The van der Waals surface area contributed by atoms with Crippen molar-refractivity contribution in [2.75, 3.05) is 6.61 Å². The fraction of sp³-hybridized carbons (Fsp3) is 0.639. The third-order valence-corrected chi connectivity index (χ3v) is 11.1. The van der Waals surface area contributed by atoms with Crippen LogP contribution in [0.2, 0.25) is 0 Å². The predicted molar refractivity (Wildman–Crippen MR) is 174 cm³/mol. The van der Waals surface area contributed by atoms with E-state index in [9.17, 15) is 44.4 Å². The maximum Gasteiger partial charge on any atom is 0.410 e. The van der Waals surface area contributed by atoms with E-state index in [1.54, 1.807) is 39.0 Å². The smallest absolute Gasteiger partial charge is 0.410 e. The lowest BCUT2D eigenvalue weighted by atomic mass is 9.44. The van der Waals surface area contributed by atoms with Gasteiger partial charge in [-0.3, -0.25) is 14.9 Å². The molecule has 280 valence electrons. The van der Waals surface area contributed by atoms with E-state index in [-0.39, 0.29) is 29.7 Å². The van der Waals surface area contributed by atoms with E-state index in [0.29, 0.717) is 0 Å². The molecule has 1 amide bonds. The molecule has 51 heavy (non-hydrogen) atoms. The van der Waals surface area contributed by atoms with Crippen LogP contribution in [0.15, 0.2) is 41.5 Å². The Bertz CT molecular complexity index is 1630. The first-order valence-corrected chi connectivity index (χ1v) is 16.8. The summed E-state index contributed by atoms with van der Waals surface area (Å²) in [6.45, 7) is 11.5. The third kappa shape index (κ3) is 6.22. The number of aliphatic hydroxyl groups excluding tert-OH is 3. The van der Waals surface area contributed by atoms with Gasteiger partial charge in [-0.05, 0) is 57.9 Å². The summed E-state index contributed by atoms with van der Waals surface area (Å²) in [7, 11) is 0. The molecule has 4 aliphatic rings. The van der Waals surface area contributed by atoms with Crippen molar-refractivity contribution in [2.24, 2.45) is 16.7 Å². The first-order chi connectivity index (χ1) is 23.5. The summed E-state index contributed by atoms with van der Waals surface area (Å²) in [5.74, 6) is -5.47. The average Bonchev–Trinajstić information content (AvgIpc) is 3.02. The Hall–Kier alpha value is -3.89. The van der Waals surface area contributed by atoms with Crippen molar-refractivity contribution in [2.45, 2.75) is 122 Å². The number of aliphatic hydroxyl groups is 4. The summed E-state index contributed by atoms with van der Waals surface area (Å²) in [5, 5.41) is 49.4. The van der Waals surface area contributed by atoms with Gasteiger partial charge in [-0.25, -0.2) is 14.4 Å². The predicted octanol–water partition coefficient (Wildman–Crippen LogP) is 1.48. The maximum absolute atomic E-state index is 14.7. The lowest BCUT2D eigenvalue weighted by Gasteiger charge is -2.67. The van der Waals surface area contributed by atoms with Crippen LogP contribution >= 0.6 is 0 Å². The molecule has 1 unspecified atom stereocenters. The summed E-state index contributed by atoms with van der Waals surface area (Å²) in [6, 6.07) is 7.81. The Morgan fingerprint density at radius 3 is 2.22 bits per heavy atom. The molecule has 10 atom stereocenters. The van der Waals surface area contributed by atoms with Gasteiger partial charge in [0.25, 0.3) is 0 Å². The van der Waals surface area contributed by atoms with E-state index in [1.807, 2.05) is 5.32 Å². The van der Waals surface area contributed by atoms with Crippen LogP contribution in [0.25, 0.3) is 0 Å². The number of hydrogen-bond donors (Lipinski definition) is 5. The minimum Gasteiger partial charge on any atom is -0.455 e. The molecule has 2 bridgehead atoms. The largest absolute Gasteiger partial charge is 0.455 e. The Morgan fingerprint density at radius 1 is 1.04 bits per heavy atom. The van der Waals surface area contributed by atoms with Crippen LogP contribution in [-0.4, -0.2) is 110 Å². The topological polar surface area (TPSA) is 224 Å². The van der Waals surface area contributed by atoms with Gasteiger partial charge in [-0.1, -0.05) is 32.0 Å². The monoisotopic (exact) mass is 717 g/mol. The number of carbonyl (C=O) groups is 5. The number of esters is 3. The van der Waals surface area contributed by atoms with E-state index >= 15 is 0 Å². The summed E-state index contributed by atoms with van der Waals surface area (Å²) < 4.78 is 28.7. The number of fused-ring (bicyclic) bond motifs is 5. The van der Waals surface area contributed by atoms with Crippen molar-refractivity contribution < 1.29 is 68.1 Å². The molecular formula is C36H47NO14. The Kier molecular flexibility index (Phi) is 9.74. The molecule has 1 saturated heterocycles. The van der Waals surface area contributed by atoms with Gasteiger partial charge in [0.15, 0.2) is 11.4 Å². The number of alkyl carbamates (subject to hydrolysis) is 1. The highest BCUT2D eigenvalue weighted by Crippen LogP contribution is 2.64. The van der Waals surface area contributed by atoms with Crippen LogP contribution in [0, 0.1) is 16.7 Å². The van der Waals surface area contributed by atoms with Gasteiger partial charge >= 0.3 is 24.0 Å². The molecule has 1 aromatic rings. The number of Topliss-reactive ketones (excluding diaryl/α,β-unsaturated/α-hetero) is 1. The number of ether oxygens (including phenoxy) is 5. The summed E-state index contributed by atoms with van der Waals surface area (Å²) in [4.78, 5) is 66.8. The fourth-order valence-corrected chi connectivity index (χ4v) is 8.46. The number of rotatable bonds is 6. The zero-order chi connectivity index (χ0) is 38.1. The van der Waals surface area contributed by atoms with E-state index < -0.39 is 107 Å². The second-order valence-electron chi connectivity index (χ2n) is 15.6. The second kappa shape index (κ2) is 13.0. The van der Waals surface area contributed by atoms with E-state index in [1.165, 1.54) is 39.8 Å². The van der Waals surface area contributed by atoms with Gasteiger partial charge in [-0.2, -0.15) is 0 Å². The van der Waals surface area contributed by atoms with Crippen molar-refractivity contribution in [3.05, 3.63) is 47.0 Å². The lowest BCUT2D eigenvalue weighted by Crippen LogP contribution is -2.81. The SMILES string of the molecule is CC(=O)O[C@@]12CO[C@@H]1C[C@H](O)[C@@]1(C)C(=O)[C@H](O)C3=C(C)[C@@H](OC(=O)[C@H](O)NC(=O)OC(C)(C)C)C[C@@](O)([C@@H](OC(=O)c4ccccc4)C12)C3(C)C. The molecule has 1 aromatic carbocycles. The molecule has 2 saturated carbocycles. The van der Waals surface area contributed by atoms with Crippen molar-refractivity contribution in [3.8, 4) is 0 Å². The van der Waals surface area contributed by atoms with Crippen LogP contribution < -0.4 is 5.32 Å². The molecule has 15 nitrogen and oxygen atoms in total. The number of hydrogen-bond acceptors (Lipinski definition) is 14. The molecule has 3 fully saturated rings. The van der Waals surface area contributed by atoms with E-state index in [4.69, 9.17) is 23.7 Å². The summed E-state index contributed by atoms with van der Waals surface area (Å²) >= 11 is 0. The first kappa shape index (κ1) is 38.3. The van der Waals surface area contributed by atoms with Crippen molar-refractivity contribution in [3.63, 3.8) is 0 Å². The van der Waals surface area contributed by atoms with Crippen molar-refractivity contribution in [1.82, 2.24) is 5.32 Å². The molecule has 3 aliphatic carbocycles. The van der Waals surface area contributed by atoms with Gasteiger partial charge in [0.1, 0.15) is 35.6 Å².